The van der Waals surface area contributed by atoms with Crippen molar-refractivity contribution in [3.8, 4) is 0 Å². The van der Waals surface area contributed by atoms with E-state index in [0.29, 0.717) is 16.3 Å². The number of halogens is 1. The summed E-state index contributed by atoms with van der Waals surface area (Å²) in [6.45, 7) is 5.27. The third-order valence-corrected chi connectivity index (χ3v) is 6.11. The van der Waals surface area contributed by atoms with E-state index in [9.17, 15) is 19.2 Å². The highest BCUT2D eigenvalue weighted by molar-refractivity contribution is 6.35. The zero-order valence-corrected chi connectivity index (χ0v) is 16.5. The second-order valence-electron chi connectivity index (χ2n) is 8.53. The van der Waals surface area contributed by atoms with Crippen LogP contribution >= 0.6 is 11.6 Å². The molecule has 0 bridgehead atoms. The quantitative estimate of drug-likeness (QED) is 0.627. The van der Waals surface area contributed by atoms with Crippen LogP contribution in [-0.4, -0.2) is 40.1 Å². The minimum Gasteiger partial charge on any atom is -0.370 e. The van der Waals surface area contributed by atoms with Gasteiger partial charge in [0, 0.05) is 23.6 Å². The molecule has 0 radical (unpaired) electrons. The van der Waals surface area contributed by atoms with Crippen molar-refractivity contribution in [2.24, 2.45) is 17.6 Å². The molecule has 148 valence electrons. The van der Waals surface area contributed by atoms with Crippen LogP contribution < -0.4 is 16.4 Å². The fourth-order valence-corrected chi connectivity index (χ4v) is 5.07. The van der Waals surface area contributed by atoms with Gasteiger partial charge in [-0.3, -0.25) is 29.4 Å². The summed E-state index contributed by atoms with van der Waals surface area (Å²) >= 11 is 6.25. The number of hydrogen-bond acceptors (Lipinski definition) is 5. The SMILES string of the molecule is CC(C)(C)N1C(=O)[C@@H]2[C@@H](C1=O)[C@@]1(N[C@@H]2CC(N)=O)C(=O)Nc2c(Cl)cccc21. The number of nitrogens with zero attached hydrogens (tertiary/aromatic N) is 1. The fraction of sp³-hybridized carbons (Fsp3) is 0.474. The van der Waals surface area contributed by atoms with Crippen molar-refractivity contribution in [1.29, 1.82) is 0 Å². The minimum absolute atomic E-state index is 0.164. The van der Waals surface area contributed by atoms with Crippen LogP contribution in [0, 0.1) is 11.8 Å². The molecule has 4 amide bonds. The zero-order valence-electron chi connectivity index (χ0n) is 15.7. The maximum atomic E-state index is 13.4. The summed E-state index contributed by atoms with van der Waals surface area (Å²) in [6, 6.07) is 4.29. The van der Waals surface area contributed by atoms with Crippen LogP contribution in [0.1, 0.15) is 32.8 Å². The molecule has 3 aliphatic rings. The van der Waals surface area contributed by atoms with Crippen LogP contribution in [-0.2, 0) is 24.7 Å². The van der Waals surface area contributed by atoms with Crippen molar-refractivity contribution in [2.45, 2.75) is 44.3 Å². The number of likely N-dealkylation sites (tertiary alicyclic amines) is 1. The Balaban J connectivity index is 1.93. The van der Waals surface area contributed by atoms with E-state index in [0.717, 1.165) is 0 Å². The number of carbonyl (C=O) groups excluding carboxylic acids is 4. The predicted octanol–water partition coefficient (Wildman–Crippen LogP) is 0.734. The van der Waals surface area contributed by atoms with E-state index < -0.39 is 52.6 Å². The van der Waals surface area contributed by atoms with E-state index in [1.54, 1.807) is 39.0 Å². The first-order chi connectivity index (χ1) is 13.0. The van der Waals surface area contributed by atoms with Gasteiger partial charge in [0.05, 0.1) is 22.5 Å². The van der Waals surface area contributed by atoms with Crippen LogP contribution in [0.25, 0.3) is 0 Å². The Hall–Kier alpha value is -2.45. The van der Waals surface area contributed by atoms with Gasteiger partial charge in [-0.15, -0.1) is 0 Å². The van der Waals surface area contributed by atoms with Crippen molar-refractivity contribution in [3.63, 3.8) is 0 Å². The normalized spacial score (nSPS) is 31.4. The second kappa shape index (κ2) is 5.78. The highest BCUT2D eigenvalue weighted by Gasteiger charge is 2.71. The number of imide groups is 1. The van der Waals surface area contributed by atoms with Crippen LogP contribution in [0.3, 0.4) is 0 Å². The first kappa shape index (κ1) is 18.9. The van der Waals surface area contributed by atoms with Gasteiger partial charge in [-0.05, 0) is 26.8 Å². The molecular formula is C19H21ClN4O4. The number of primary amides is 1. The van der Waals surface area contributed by atoms with E-state index in [1.807, 2.05) is 0 Å². The number of amides is 4. The smallest absolute Gasteiger partial charge is 0.250 e. The summed E-state index contributed by atoms with van der Waals surface area (Å²) in [5.74, 6) is -3.77. The molecule has 0 aliphatic carbocycles. The number of fused-ring (bicyclic) bond motifs is 4. The van der Waals surface area contributed by atoms with Crippen molar-refractivity contribution >= 4 is 40.9 Å². The van der Waals surface area contributed by atoms with Crippen molar-refractivity contribution < 1.29 is 19.2 Å². The number of benzene rings is 1. The molecule has 0 saturated carbocycles. The number of hydrogen-bond donors (Lipinski definition) is 3. The first-order valence-corrected chi connectivity index (χ1v) is 9.42. The molecule has 0 unspecified atom stereocenters. The number of rotatable bonds is 2. The van der Waals surface area contributed by atoms with Gasteiger partial charge >= 0.3 is 0 Å². The number of para-hydroxylation sites is 1. The van der Waals surface area contributed by atoms with E-state index in [-0.39, 0.29) is 6.42 Å². The summed E-state index contributed by atoms with van der Waals surface area (Å²) < 4.78 is 0. The summed E-state index contributed by atoms with van der Waals surface area (Å²) in [5.41, 5.74) is 4.07. The Labute approximate surface area is 166 Å². The monoisotopic (exact) mass is 404 g/mol. The highest BCUT2D eigenvalue weighted by atomic mass is 35.5. The van der Waals surface area contributed by atoms with Crippen molar-refractivity contribution in [2.75, 3.05) is 5.32 Å². The second-order valence-corrected chi connectivity index (χ2v) is 8.94. The van der Waals surface area contributed by atoms with Gasteiger partial charge in [-0.1, -0.05) is 23.7 Å². The van der Waals surface area contributed by atoms with Gasteiger partial charge in [-0.2, -0.15) is 0 Å². The Kier molecular flexibility index (Phi) is 3.90. The number of carbonyl (C=O) groups is 4. The summed E-state index contributed by atoms with van der Waals surface area (Å²) in [4.78, 5) is 52.6. The lowest BCUT2D eigenvalue weighted by molar-refractivity contribution is -0.147. The summed E-state index contributed by atoms with van der Waals surface area (Å²) in [5, 5.41) is 6.21. The lowest BCUT2D eigenvalue weighted by Crippen LogP contribution is -2.56. The molecule has 9 heteroatoms. The molecule has 2 saturated heterocycles. The topological polar surface area (TPSA) is 122 Å². The molecule has 0 aromatic heterocycles. The number of nitrogens with one attached hydrogen (secondary N) is 2. The third kappa shape index (κ3) is 2.28. The van der Waals surface area contributed by atoms with E-state index in [4.69, 9.17) is 17.3 Å². The Morgan fingerprint density at radius 3 is 2.54 bits per heavy atom. The van der Waals surface area contributed by atoms with E-state index in [1.165, 1.54) is 4.90 Å². The molecule has 4 atom stereocenters. The van der Waals surface area contributed by atoms with E-state index in [2.05, 4.69) is 10.6 Å². The average molecular weight is 405 g/mol. The molecule has 3 aliphatic heterocycles. The van der Waals surface area contributed by atoms with Crippen LogP contribution in [0.4, 0.5) is 5.69 Å². The van der Waals surface area contributed by atoms with E-state index >= 15 is 0 Å². The maximum Gasteiger partial charge on any atom is 0.250 e. The van der Waals surface area contributed by atoms with Crippen molar-refractivity contribution in [1.82, 2.24) is 10.2 Å². The molecule has 4 rings (SSSR count). The summed E-state index contributed by atoms with van der Waals surface area (Å²) in [7, 11) is 0. The van der Waals surface area contributed by atoms with Crippen molar-refractivity contribution in [3.05, 3.63) is 28.8 Å². The number of nitrogens with two attached hydrogens (primary N) is 1. The third-order valence-electron chi connectivity index (χ3n) is 5.79. The molecule has 1 aromatic carbocycles. The zero-order chi connectivity index (χ0) is 20.6. The maximum absolute atomic E-state index is 13.4. The minimum atomic E-state index is -1.47. The van der Waals surface area contributed by atoms with Gasteiger partial charge < -0.3 is 11.1 Å². The standard InChI is InChI=1S/C19H21ClN4O4/c1-18(2,3)24-15(26)12-10(7-11(21)25)23-19(13(12)16(24)27)8-5-4-6-9(20)14(8)22-17(19)28/h4-6,10,12-13,23H,7H2,1-3H3,(H2,21,25)(H,22,28)/t10-,12+,13+,19-/m1/s1. The van der Waals surface area contributed by atoms with Gasteiger partial charge in [0.1, 0.15) is 5.54 Å². The number of anilines is 1. The van der Waals surface area contributed by atoms with Gasteiger partial charge in [-0.25, -0.2) is 0 Å². The van der Waals surface area contributed by atoms with Crippen LogP contribution in [0.15, 0.2) is 18.2 Å². The van der Waals surface area contributed by atoms with Gasteiger partial charge in [0.25, 0.3) is 0 Å². The lowest BCUT2D eigenvalue weighted by atomic mass is 9.76. The average Bonchev–Trinajstić information content (AvgIpc) is 3.13. The lowest BCUT2D eigenvalue weighted by Gasteiger charge is -2.34. The highest BCUT2D eigenvalue weighted by Crippen LogP contribution is 2.55. The first-order valence-electron chi connectivity index (χ1n) is 9.04. The molecule has 3 heterocycles. The van der Waals surface area contributed by atoms with Gasteiger partial charge in [0.2, 0.25) is 23.6 Å². The molecule has 1 spiro atoms. The largest absolute Gasteiger partial charge is 0.370 e. The van der Waals surface area contributed by atoms with Gasteiger partial charge in [0.15, 0.2) is 0 Å². The fourth-order valence-electron chi connectivity index (χ4n) is 4.85. The Morgan fingerprint density at radius 1 is 1.25 bits per heavy atom. The molecular weight excluding hydrogens is 384 g/mol. The molecule has 1 aromatic rings. The Morgan fingerprint density at radius 2 is 1.93 bits per heavy atom. The van der Waals surface area contributed by atoms with Crippen LogP contribution in [0.5, 0.6) is 0 Å². The molecule has 28 heavy (non-hydrogen) atoms. The van der Waals surface area contributed by atoms with Crippen LogP contribution in [0.2, 0.25) is 5.02 Å². The Bertz CT molecular complexity index is 940. The summed E-state index contributed by atoms with van der Waals surface area (Å²) in [6.07, 6.45) is -0.164. The molecule has 4 N–H and O–H groups in total. The molecule has 8 nitrogen and oxygen atoms in total. The molecule has 2 fully saturated rings. The predicted molar refractivity (Wildman–Crippen MR) is 101 cm³/mol.